The van der Waals surface area contributed by atoms with Gasteiger partial charge in [0.25, 0.3) is 5.91 Å². The Kier molecular flexibility index (Phi) is 14.3. The molecule has 2 aromatic carbocycles. The molecule has 1 N–H and O–H groups in total. The van der Waals surface area contributed by atoms with E-state index in [1.807, 2.05) is 68.5 Å². The van der Waals surface area contributed by atoms with Gasteiger partial charge in [-0.2, -0.15) is 0 Å². The van der Waals surface area contributed by atoms with Gasteiger partial charge in [0.2, 0.25) is 0 Å². The monoisotopic (exact) mass is 662 g/mol. The summed E-state index contributed by atoms with van der Waals surface area (Å²) in [5.41, 5.74) is 2.97. The van der Waals surface area contributed by atoms with Crippen LogP contribution in [0.1, 0.15) is 59.5 Å². The van der Waals surface area contributed by atoms with E-state index in [4.69, 9.17) is 11.6 Å². The van der Waals surface area contributed by atoms with Crippen molar-refractivity contribution in [3.05, 3.63) is 74.6 Å². The zero-order chi connectivity index (χ0) is 32.2. The molecule has 5 rings (SSSR count). The number of fused-ring (bicyclic) bond motifs is 1. The number of aromatic nitrogens is 1. The number of nitrogens with zero attached hydrogens (tertiary/aromatic N) is 3. The Hall–Kier alpha value is -2.76. The van der Waals surface area contributed by atoms with Crippen LogP contribution in [-0.4, -0.2) is 67.8 Å². The van der Waals surface area contributed by atoms with E-state index in [1.54, 1.807) is 11.3 Å². The van der Waals surface area contributed by atoms with Crippen molar-refractivity contribution in [2.45, 2.75) is 58.0 Å². The van der Waals surface area contributed by atoms with Crippen LogP contribution in [0.15, 0.2) is 41.8 Å². The van der Waals surface area contributed by atoms with Crippen molar-refractivity contribution in [2.24, 2.45) is 0 Å². The summed E-state index contributed by atoms with van der Waals surface area (Å²) >= 11 is 8.99. The van der Waals surface area contributed by atoms with Crippen LogP contribution in [0.3, 0.4) is 0 Å². The molecule has 0 spiro atoms. The van der Waals surface area contributed by atoms with Gasteiger partial charge in [-0.25, -0.2) is 13.8 Å². The van der Waals surface area contributed by atoms with Crippen LogP contribution in [0.4, 0.5) is 8.78 Å². The molecule has 2 aromatic heterocycles. The molecule has 0 bridgehead atoms. The quantitative estimate of drug-likeness (QED) is 0.193. The van der Waals surface area contributed by atoms with Crippen LogP contribution in [-0.2, 0) is 11.3 Å². The van der Waals surface area contributed by atoms with E-state index < -0.39 is 11.6 Å². The number of thiophene rings is 1. The summed E-state index contributed by atoms with van der Waals surface area (Å²) < 4.78 is 28.9. The molecular formula is C33H41ClF2N4O2S2. The summed E-state index contributed by atoms with van der Waals surface area (Å²) in [6.45, 7) is 3.23. The molecule has 0 radical (unpaired) electrons. The lowest BCUT2D eigenvalue weighted by Crippen LogP contribution is -2.40. The van der Waals surface area contributed by atoms with E-state index in [2.05, 4.69) is 16.4 Å². The molecule has 1 aliphatic carbocycles. The van der Waals surface area contributed by atoms with Gasteiger partial charge in [0.05, 0.1) is 15.1 Å². The summed E-state index contributed by atoms with van der Waals surface area (Å²) in [5.74, 6) is -1.46. The Morgan fingerprint density at radius 2 is 1.80 bits per heavy atom. The van der Waals surface area contributed by atoms with Crippen LogP contribution in [0, 0.1) is 18.6 Å². The third-order valence-electron chi connectivity index (χ3n) is 6.99. The lowest BCUT2D eigenvalue weighted by atomic mass is 9.93. The first kappa shape index (κ1) is 35.7. The van der Waals surface area contributed by atoms with Gasteiger partial charge >= 0.3 is 0 Å². The smallest absolute Gasteiger partial charge is 0.266 e. The largest absolute Gasteiger partial charge is 0.331 e. The normalized spacial score (nSPS) is 13.2. The van der Waals surface area contributed by atoms with Crippen molar-refractivity contribution in [1.82, 2.24) is 20.1 Å². The number of thiazole rings is 1. The molecule has 44 heavy (non-hydrogen) atoms. The Labute approximate surface area is 272 Å². The highest BCUT2D eigenvalue weighted by Gasteiger charge is 2.31. The first-order chi connectivity index (χ1) is 21.1. The fourth-order valence-electron chi connectivity index (χ4n) is 4.92. The third kappa shape index (κ3) is 9.62. The molecule has 1 amide bonds. The summed E-state index contributed by atoms with van der Waals surface area (Å²) in [7, 11) is 7.65. The average molecular weight is 663 g/mol. The Morgan fingerprint density at radius 1 is 1.11 bits per heavy atom. The van der Waals surface area contributed by atoms with Crippen LogP contribution in [0.2, 0.25) is 5.02 Å². The standard InChI is InChI=1S/C26H23ClF2N2OS2.C5H11NO.C2H7N/c1-15-14-33-25(30-15)17-7-5-6-16(12-17)13-31(18-8-3-2-4-9-18)26(32)24-22(27)21-19(28)10-11-20(29)23(21)34-24;1-6(2)4-3-5-7;1-3-2/h5-7,10-12,14,18H,2-4,8-9,13H2,1H3;5H,3-4H2,1-2H3;3H,1-2H3. The number of aryl methyl sites for hydroxylation is 1. The molecule has 1 fully saturated rings. The molecule has 0 unspecified atom stereocenters. The van der Waals surface area contributed by atoms with E-state index in [0.717, 1.165) is 90.2 Å². The molecule has 2 heterocycles. The molecule has 1 saturated carbocycles. The predicted molar refractivity (Wildman–Crippen MR) is 180 cm³/mol. The van der Waals surface area contributed by atoms with E-state index in [0.29, 0.717) is 13.0 Å². The fourth-order valence-corrected chi connectivity index (χ4v) is 7.22. The van der Waals surface area contributed by atoms with Crippen LogP contribution < -0.4 is 5.32 Å². The SMILES string of the molecule is CN(C)CCC=O.CNC.Cc1csc(-c2cccc(CN(C(=O)c3sc4c(F)ccc(F)c4c3Cl)C3CCCCC3)c2)n1. The lowest BCUT2D eigenvalue weighted by molar-refractivity contribution is -0.108. The third-order valence-corrected chi connectivity index (χ3v) is 9.68. The average Bonchev–Trinajstić information content (AvgIpc) is 3.61. The van der Waals surface area contributed by atoms with E-state index >= 15 is 0 Å². The number of hydrogen-bond acceptors (Lipinski definition) is 7. The Bertz CT molecular complexity index is 1520. The number of carbonyl (C=O) groups excluding carboxylic acids is 2. The number of amides is 1. The number of hydrogen-bond donors (Lipinski definition) is 1. The number of nitrogens with one attached hydrogen (secondary N) is 1. The number of halogens is 3. The minimum Gasteiger partial charge on any atom is -0.331 e. The van der Waals surface area contributed by atoms with Gasteiger partial charge in [0, 0.05) is 42.2 Å². The highest BCUT2D eigenvalue weighted by molar-refractivity contribution is 7.21. The molecule has 0 atom stereocenters. The summed E-state index contributed by atoms with van der Waals surface area (Å²) in [6, 6.07) is 10.2. The first-order valence-corrected chi connectivity index (χ1v) is 16.7. The summed E-state index contributed by atoms with van der Waals surface area (Å²) in [4.78, 5) is 32.1. The first-order valence-electron chi connectivity index (χ1n) is 14.7. The van der Waals surface area contributed by atoms with Crippen LogP contribution in [0.5, 0.6) is 0 Å². The molecule has 11 heteroatoms. The zero-order valence-electron chi connectivity index (χ0n) is 26.0. The van der Waals surface area contributed by atoms with Crippen molar-refractivity contribution in [1.29, 1.82) is 0 Å². The molecule has 0 aliphatic heterocycles. The molecule has 6 nitrogen and oxygen atoms in total. The highest BCUT2D eigenvalue weighted by atomic mass is 35.5. The van der Waals surface area contributed by atoms with Gasteiger partial charge < -0.3 is 19.9 Å². The van der Waals surface area contributed by atoms with Crippen molar-refractivity contribution in [3.63, 3.8) is 0 Å². The second-order valence-electron chi connectivity index (χ2n) is 11.0. The molecular weight excluding hydrogens is 622 g/mol. The van der Waals surface area contributed by atoms with E-state index in [1.165, 1.54) is 0 Å². The molecule has 0 saturated heterocycles. The van der Waals surface area contributed by atoms with Crippen molar-refractivity contribution in [2.75, 3.05) is 34.7 Å². The van der Waals surface area contributed by atoms with Gasteiger partial charge in [0.1, 0.15) is 27.8 Å². The Balaban J connectivity index is 0.000000461. The molecule has 4 aromatic rings. The van der Waals surface area contributed by atoms with Gasteiger partial charge in [0.15, 0.2) is 0 Å². The fraction of sp³-hybridized carbons (Fsp3) is 0.424. The highest BCUT2D eigenvalue weighted by Crippen LogP contribution is 2.40. The topological polar surface area (TPSA) is 65.5 Å². The zero-order valence-corrected chi connectivity index (χ0v) is 28.4. The van der Waals surface area contributed by atoms with Gasteiger partial charge in [-0.05, 0) is 71.7 Å². The predicted octanol–water partition coefficient (Wildman–Crippen LogP) is 8.21. The van der Waals surface area contributed by atoms with Crippen LogP contribution >= 0.6 is 34.3 Å². The number of rotatable bonds is 8. The van der Waals surface area contributed by atoms with Crippen LogP contribution in [0.25, 0.3) is 20.7 Å². The maximum atomic E-state index is 14.4. The maximum absolute atomic E-state index is 14.4. The minimum absolute atomic E-state index is 0.00480. The van der Waals surface area contributed by atoms with Gasteiger partial charge in [-0.15, -0.1) is 22.7 Å². The molecule has 1 aliphatic rings. The van der Waals surface area contributed by atoms with Crippen molar-refractivity contribution in [3.8, 4) is 10.6 Å². The minimum atomic E-state index is -0.618. The maximum Gasteiger partial charge on any atom is 0.266 e. The number of benzene rings is 2. The lowest BCUT2D eigenvalue weighted by Gasteiger charge is -2.34. The second-order valence-corrected chi connectivity index (χ2v) is 13.2. The molecule has 238 valence electrons. The van der Waals surface area contributed by atoms with E-state index in [-0.39, 0.29) is 31.9 Å². The number of aldehydes is 1. The van der Waals surface area contributed by atoms with E-state index in [9.17, 15) is 18.4 Å². The van der Waals surface area contributed by atoms with Gasteiger partial charge in [-0.3, -0.25) is 4.79 Å². The van der Waals surface area contributed by atoms with Crippen molar-refractivity contribution >= 4 is 56.6 Å². The Morgan fingerprint density at radius 3 is 2.36 bits per heavy atom. The summed E-state index contributed by atoms with van der Waals surface area (Å²) in [5, 5.41) is 5.68. The number of carbonyl (C=O) groups is 2. The van der Waals surface area contributed by atoms with Gasteiger partial charge in [-0.1, -0.05) is 49.1 Å². The summed E-state index contributed by atoms with van der Waals surface area (Å²) in [6.07, 6.45) is 6.64. The second kappa shape index (κ2) is 17.7. The van der Waals surface area contributed by atoms with Crippen molar-refractivity contribution < 1.29 is 18.4 Å².